The molecule has 0 saturated carbocycles. The average molecular weight is 462 g/mol. The number of halogens is 1. The summed E-state index contributed by atoms with van der Waals surface area (Å²) in [5.41, 5.74) is 5.83. The molecule has 33 heavy (non-hydrogen) atoms. The molecule has 0 aliphatic heterocycles. The predicted octanol–water partition coefficient (Wildman–Crippen LogP) is 7.12. The normalized spacial score (nSPS) is 11.5. The number of benzene rings is 3. The fourth-order valence-electron chi connectivity index (χ4n) is 3.85. The SMILES string of the molecule is COc1ccc(NC(=O)/C=C(\C)c2cc3c(-c4ccc(Cl)cc4)coc3c(C)c2OC)cc1. The molecule has 0 spiro atoms. The molecule has 5 nitrogen and oxygen atoms in total. The molecule has 1 amide bonds. The van der Waals surface area contributed by atoms with Crippen LogP contribution in [0, 0.1) is 6.92 Å². The molecule has 1 heterocycles. The second-order valence-corrected chi connectivity index (χ2v) is 8.10. The largest absolute Gasteiger partial charge is 0.497 e. The number of furan rings is 1. The number of carbonyl (C=O) groups is 1. The second kappa shape index (κ2) is 9.43. The maximum absolute atomic E-state index is 12.7. The van der Waals surface area contributed by atoms with Gasteiger partial charge in [0.2, 0.25) is 5.91 Å². The van der Waals surface area contributed by atoms with Crippen LogP contribution < -0.4 is 14.8 Å². The Morgan fingerprint density at radius 2 is 1.73 bits per heavy atom. The highest BCUT2D eigenvalue weighted by Crippen LogP contribution is 2.40. The lowest BCUT2D eigenvalue weighted by Gasteiger charge is -2.13. The van der Waals surface area contributed by atoms with Crippen LogP contribution in [0.4, 0.5) is 5.69 Å². The summed E-state index contributed by atoms with van der Waals surface area (Å²) in [6.07, 6.45) is 3.30. The van der Waals surface area contributed by atoms with Crippen molar-refractivity contribution < 1.29 is 18.7 Å². The predicted molar refractivity (Wildman–Crippen MR) is 133 cm³/mol. The number of allylic oxidation sites excluding steroid dienone is 1. The molecular formula is C27H24ClNO4. The zero-order valence-corrected chi connectivity index (χ0v) is 19.6. The molecule has 0 bridgehead atoms. The van der Waals surface area contributed by atoms with E-state index in [0.717, 1.165) is 44.5 Å². The molecule has 0 radical (unpaired) electrons. The quantitative estimate of drug-likeness (QED) is 0.310. The molecule has 0 unspecified atom stereocenters. The molecule has 4 aromatic rings. The third-order valence-electron chi connectivity index (χ3n) is 5.53. The van der Waals surface area contributed by atoms with Gasteiger partial charge in [-0.05, 0) is 67.4 Å². The van der Waals surface area contributed by atoms with E-state index in [1.165, 1.54) is 0 Å². The first-order valence-electron chi connectivity index (χ1n) is 10.4. The van der Waals surface area contributed by atoms with E-state index in [0.29, 0.717) is 16.5 Å². The van der Waals surface area contributed by atoms with Crippen molar-refractivity contribution in [2.45, 2.75) is 13.8 Å². The molecule has 0 saturated heterocycles. The van der Waals surface area contributed by atoms with Gasteiger partial charge < -0.3 is 19.2 Å². The summed E-state index contributed by atoms with van der Waals surface area (Å²) < 4.78 is 16.8. The van der Waals surface area contributed by atoms with Gasteiger partial charge in [0.15, 0.2) is 0 Å². The van der Waals surface area contributed by atoms with Crippen molar-refractivity contribution >= 4 is 39.7 Å². The first-order chi connectivity index (χ1) is 15.9. The van der Waals surface area contributed by atoms with E-state index in [1.54, 1.807) is 50.8 Å². The number of hydrogen-bond acceptors (Lipinski definition) is 4. The summed E-state index contributed by atoms with van der Waals surface area (Å²) in [7, 11) is 3.22. The van der Waals surface area contributed by atoms with Crippen molar-refractivity contribution in [2.24, 2.45) is 0 Å². The minimum absolute atomic E-state index is 0.234. The van der Waals surface area contributed by atoms with Crippen molar-refractivity contribution in [1.29, 1.82) is 0 Å². The number of methoxy groups -OCH3 is 2. The lowest BCUT2D eigenvalue weighted by Crippen LogP contribution is -2.08. The number of anilines is 1. The Kier molecular flexibility index (Phi) is 6.43. The Bertz CT molecular complexity index is 1340. The van der Waals surface area contributed by atoms with Crippen LogP contribution in [0.15, 0.2) is 71.4 Å². The summed E-state index contributed by atoms with van der Waals surface area (Å²) in [4.78, 5) is 12.7. The topological polar surface area (TPSA) is 60.7 Å². The average Bonchev–Trinajstić information content (AvgIpc) is 3.24. The molecule has 1 aromatic heterocycles. The maximum atomic E-state index is 12.7. The van der Waals surface area contributed by atoms with Gasteiger partial charge in [0.1, 0.15) is 17.1 Å². The van der Waals surface area contributed by atoms with Crippen LogP contribution in [-0.2, 0) is 4.79 Å². The third-order valence-corrected chi connectivity index (χ3v) is 5.79. The van der Waals surface area contributed by atoms with E-state index in [-0.39, 0.29) is 5.91 Å². The fourth-order valence-corrected chi connectivity index (χ4v) is 3.98. The van der Waals surface area contributed by atoms with Gasteiger partial charge in [-0.15, -0.1) is 0 Å². The lowest BCUT2D eigenvalue weighted by atomic mass is 9.96. The molecule has 168 valence electrons. The van der Waals surface area contributed by atoms with Crippen LogP contribution in [0.1, 0.15) is 18.1 Å². The molecule has 0 aliphatic rings. The Hall–Kier alpha value is -3.70. The fraction of sp³-hybridized carbons (Fsp3) is 0.148. The Morgan fingerprint density at radius 1 is 1.03 bits per heavy atom. The van der Waals surface area contributed by atoms with Crippen LogP contribution >= 0.6 is 11.6 Å². The Morgan fingerprint density at radius 3 is 2.36 bits per heavy atom. The van der Waals surface area contributed by atoms with E-state index in [4.69, 9.17) is 25.5 Å². The van der Waals surface area contributed by atoms with Gasteiger partial charge in [0.05, 0.1) is 20.5 Å². The van der Waals surface area contributed by atoms with Crippen LogP contribution in [0.2, 0.25) is 5.02 Å². The standard InChI is InChI=1S/C27H24ClNO4/c1-16(13-25(30)29-20-9-11-21(31-3)12-10-20)22-14-23-24(18-5-7-19(28)8-6-18)15-33-27(23)17(2)26(22)32-4/h5-15H,1-4H3,(H,29,30)/b16-13+. The second-order valence-electron chi connectivity index (χ2n) is 7.66. The van der Waals surface area contributed by atoms with Crippen LogP contribution in [0.3, 0.4) is 0 Å². The van der Waals surface area contributed by atoms with Gasteiger partial charge in [-0.1, -0.05) is 23.7 Å². The van der Waals surface area contributed by atoms with E-state index < -0.39 is 0 Å². The highest BCUT2D eigenvalue weighted by Gasteiger charge is 2.19. The van der Waals surface area contributed by atoms with Gasteiger partial charge in [-0.3, -0.25) is 4.79 Å². The van der Waals surface area contributed by atoms with Crippen molar-refractivity contribution in [2.75, 3.05) is 19.5 Å². The number of carbonyl (C=O) groups excluding carboxylic acids is 1. The van der Waals surface area contributed by atoms with Crippen LogP contribution in [0.5, 0.6) is 11.5 Å². The van der Waals surface area contributed by atoms with Crippen LogP contribution in [0.25, 0.3) is 27.7 Å². The summed E-state index contributed by atoms with van der Waals surface area (Å²) in [5, 5.41) is 4.49. The number of amides is 1. The van der Waals surface area contributed by atoms with E-state index in [9.17, 15) is 4.79 Å². The van der Waals surface area contributed by atoms with Crippen LogP contribution in [-0.4, -0.2) is 20.1 Å². The highest BCUT2D eigenvalue weighted by molar-refractivity contribution is 6.30. The molecule has 0 atom stereocenters. The zero-order chi connectivity index (χ0) is 23.5. The summed E-state index contributed by atoms with van der Waals surface area (Å²) >= 11 is 6.05. The zero-order valence-electron chi connectivity index (χ0n) is 18.9. The monoisotopic (exact) mass is 461 g/mol. The number of rotatable bonds is 6. The smallest absolute Gasteiger partial charge is 0.248 e. The van der Waals surface area contributed by atoms with Gasteiger partial charge >= 0.3 is 0 Å². The first-order valence-corrected chi connectivity index (χ1v) is 10.8. The van der Waals surface area contributed by atoms with Gasteiger partial charge in [-0.2, -0.15) is 0 Å². The Labute approximate surface area is 197 Å². The molecule has 4 rings (SSSR count). The Balaban J connectivity index is 1.72. The van der Waals surface area contributed by atoms with E-state index in [2.05, 4.69) is 5.32 Å². The van der Waals surface area contributed by atoms with Gasteiger partial charge in [0, 0.05) is 38.9 Å². The number of aryl methyl sites for hydroxylation is 1. The van der Waals surface area contributed by atoms with Crippen molar-refractivity contribution in [3.8, 4) is 22.6 Å². The number of fused-ring (bicyclic) bond motifs is 1. The molecule has 1 N–H and O–H groups in total. The number of hydrogen-bond donors (Lipinski definition) is 1. The minimum atomic E-state index is -0.234. The molecule has 6 heteroatoms. The highest BCUT2D eigenvalue weighted by atomic mass is 35.5. The molecule has 0 fully saturated rings. The van der Waals surface area contributed by atoms with Gasteiger partial charge in [0.25, 0.3) is 0 Å². The molecule has 3 aromatic carbocycles. The lowest BCUT2D eigenvalue weighted by molar-refractivity contribution is -0.111. The van der Waals surface area contributed by atoms with Crippen molar-refractivity contribution in [1.82, 2.24) is 0 Å². The van der Waals surface area contributed by atoms with E-state index >= 15 is 0 Å². The molecule has 0 aliphatic carbocycles. The number of ether oxygens (including phenoxy) is 2. The van der Waals surface area contributed by atoms with Crippen molar-refractivity contribution in [3.63, 3.8) is 0 Å². The molecular weight excluding hydrogens is 438 g/mol. The van der Waals surface area contributed by atoms with Gasteiger partial charge in [-0.25, -0.2) is 0 Å². The first kappa shape index (κ1) is 22.5. The minimum Gasteiger partial charge on any atom is -0.497 e. The third kappa shape index (κ3) is 4.59. The van der Waals surface area contributed by atoms with E-state index in [1.807, 2.05) is 44.2 Å². The summed E-state index contributed by atoms with van der Waals surface area (Å²) in [5.74, 6) is 1.16. The summed E-state index contributed by atoms with van der Waals surface area (Å²) in [6, 6.07) is 16.8. The maximum Gasteiger partial charge on any atom is 0.248 e. The summed E-state index contributed by atoms with van der Waals surface area (Å²) in [6.45, 7) is 3.84. The number of nitrogens with one attached hydrogen (secondary N) is 1. The van der Waals surface area contributed by atoms with Crippen molar-refractivity contribution in [3.05, 3.63) is 83.1 Å².